The average Bonchev–Trinajstić information content (AvgIpc) is 2.37. The second-order valence-corrected chi connectivity index (χ2v) is 6.16. The highest BCUT2D eigenvalue weighted by molar-refractivity contribution is 5.68. The molecule has 0 bridgehead atoms. The van der Waals surface area contributed by atoms with Crippen molar-refractivity contribution in [3.05, 3.63) is 23.9 Å². The van der Waals surface area contributed by atoms with Crippen molar-refractivity contribution in [3.8, 4) is 5.88 Å². The predicted molar refractivity (Wildman–Crippen MR) is 75.7 cm³/mol. The van der Waals surface area contributed by atoms with Gasteiger partial charge in [-0.2, -0.15) is 0 Å². The third kappa shape index (κ3) is 3.62. The molecule has 2 heterocycles. The topological polar surface area (TPSA) is 62.7 Å². The lowest BCUT2D eigenvalue weighted by molar-refractivity contribution is 0.0204. The summed E-state index contributed by atoms with van der Waals surface area (Å²) in [6.07, 6.45) is 2.96. The third-order valence-electron chi connectivity index (χ3n) is 3.40. The number of amides is 1. The van der Waals surface area contributed by atoms with Gasteiger partial charge in [0.1, 0.15) is 5.60 Å². The van der Waals surface area contributed by atoms with Crippen LogP contribution in [0.2, 0.25) is 0 Å². The molecule has 1 amide bonds. The molecule has 0 aliphatic carbocycles. The molecule has 1 saturated heterocycles. The normalized spacial score (nSPS) is 17.1. The minimum atomic E-state index is -0.463. The Morgan fingerprint density at radius 1 is 1.40 bits per heavy atom. The number of likely N-dealkylation sites (tertiary alicyclic amines) is 1. The number of rotatable bonds is 1. The molecule has 0 spiro atoms. The van der Waals surface area contributed by atoms with Gasteiger partial charge >= 0.3 is 6.09 Å². The first-order chi connectivity index (χ1) is 9.37. The zero-order valence-electron chi connectivity index (χ0n) is 12.3. The first-order valence-corrected chi connectivity index (χ1v) is 6.98. The molecule has 0 radical (unpaired) electrons. The van der Waals surface area contributed by atoms with Crippen LogP contribution in [0.1, 0.15) is 45.1 Å². The van der Waals surface area contributed by atoms with Crippen LogP contribution in [0.3, 0.4) is 0 Å². The van der Waals surface area contributed by atoms with Crippen molar-refractivity contribution in [2.45, 2.75) is 45.1 Å². The van der Waals surface area contributed by atoms with Gasteiger partial charge in [0.05, 0.1) is 0 Å². The molecular weight excluding hydrogens is 256 g/mol. The van der Waals surface area contributed by atoms with Crippen LogP contribution < -0.4 is 0 Å². The van der Waals surface area contributed by atoms with Crippen LogP contribution in [0.5, 0.6) is 5.88 Å². The smallest absolute Gasteiger partial charge is 0.410 e. The van der Waals surface area contributed by atoms with Crippen molar-refractivity contribution in [2.24, 2.45) is 0 Å². The van der Waals surface area contributed by atoms with Crippen LogP contribution in [-0.2, 0) is 4.74 Å². The van der Waals surface area contributed by atoms with Crippen LogP contribution in [0.15, 0.2) is 18.3 Å². The van der Waals surface area contributed by atoms with Gasteiger partial charge in [0.25, 0.3) is 0 Å². The van der Waals surface area contributed by atoms with Crippen LogP contribution in [0, 0.1) is 0 Å². The van der Waals surface area contributed by atoms with Gasteiger partial charge in [0.2, 0.25) is 5.88 Å². The number of aromatic hydroxyl groups is 1. The summed E-state index contributed by atoms with van der Waals surface area (Å²) < 4.78 is 5.37. The van der Waals surface area contributed by atoms with Gasteiger partial charge in [-0.25, -0.2) is 9.78 Å². The van der Waals surface area contributed by atoms with Gasteiger partial charge in [-0.05, 0) is 45.6 Å². The molecule has 1 N–H and O–H groups in total. The number of pyridine rings is 1. The van der Waals surface area contributed by atoms with E-state index in [-0.39, 0.29) is 17.9 Å². The molecule has 5 nitrogen and oxygen atoms in total. The van der Waals surface area contributed by atoms with Gasteiger partial charge in [-0.3, -0.25) is 0 Å². The number of carbonyl (C=O) groups is 1. The molecule has 0 saturated carbocycles. The van der Waals surface area contributed by atoms with E-state index in [0.717, 1.165) is 18.4 Å². The van der Waals surface area contributed by atoms with Gasteiger partial charge in [-0.15, -0.1) is 0 Å². The van der Waals surface area contributed by atoms with Crippen LogP contribution in [-0.4, -0.2) is 39.8 Å². The Morgan fingerprint density at radius 2 is 2.05 bits per heavy atom. The van der Waals surface area contributed by atoms with E-state index in [1.165, 1.54) is 0 Å². The summed E-state index contributed by atoms with van der Waals surface area (Å²) in [6.45, 7) is 6.89. The quantitative estimate of drug-likeness (QED) is 0.858. The molecule has 1 fully saturated rings. The Morgan fingerprint density at radius 3 is 2.60 bits per heavy atom. The second kappa shape index (κ2) is 5.69. The fourth-order valence-electron chi connectivity index (χ4n) is 2.43. The van der Waals surface area contributed by atoms with E-state index in [4.69, 9.17) is 4.74 Å². The van der Waals surface area contributed by atoms with E-state index >= 15 is 0 Å². The minimum Gasteiger partial charge on any atom is -0.493 e. The molecule has 1 aromatic heterocycles. The molecule has 110 valence electrons. The van der Waals surface area contributed by atoms with Crippen LogP contribution >= 0.6 is 0 Å². The lowest BCUT2D eigenvalue weighted by atomic mass is 9.90. The molecule has 1 aliphatic heterocycles. The van der Waals surface area contributed by atoms with Crippen molar-refractivity contribution in [1.29, 1.82) is 0 Å². The van der Waals surface area contributed by atoms with E-state index in [0.29, 0.717) is 13.1 Å². The van der Waals surface area contributed by atoms with E-state index < -0.39 is 5.60 Å². The van der Waals surface area contributed by atoms with Crippen molar-refractivity contribution >= 4 is 6.09 Å². The van der Waals surface area contributed by atoms with E-state index in [2.05, 4.69) is 4.98 Å². The van der Waals surface area contributed by atoms with E-state index in [1.807, 2.05) is 32.9 Å². The first kappa shape index (κ1) is 14.6. The molecule has 0 unspecified atom stereocenters. The number of nitrogens with zero attached hydrogens (tertiary/aromatic N) is 2. The van der Waals surface area contributed by atoms with E-state index in [9.17, 15) is 9.90 Å². The monoisotopic (exact) mass is 278 g/mol. The molecule has 5 heteroatoms. The summed E-state index contributed by atoms with van der Waals surface area (Å²) in [5, 5.41) is 9.77. The minimum absolute atomic E-state index is 0.100. The summed E-state index contributed by atoms with van der Waals surface area (Å²) in [7, 11) is 0. The van der Waals surface area contributed by atoms with Crippen molar-refractivity contribution in [2.75, 3.05) is 13.1 Å². The zero-order chi connectivity index (χ0) is 14.8. The number of carbonyl (C=O) groups excluding carboxylic acids is 1. The molecule has 2 rings (SSSR count). The zero-order valence-corrected chi connectivity index (χ0v) is 12.3. The third-order valence-corrected chi connectivity index (χ3v) is 3.40. The summed E-state index contributed by atoms with van der Waals surface area (Å²) in [6, 6.07) is 3.73. The lowest BCUT2D eigenvalue weighted by Crippen LogP contribution is -2.41. The summed E-state index contributed by atoms with van der Waals surface area (Å²) in [5.41, 5.74) is 0.409. The number of aromatic nitrogens is 1. The Kier molecular flexibility index (Phi) is 4.16. The number of piperidine rings is 1. The SMILES string of the molecule is CC(C)(C)OC(=O)N1CCC(c2cccnc2O)CC1. The molecule has 20 heavy (non-hydrogen) atoms. The predicted octanol–water partition coefficient (Wildman–Crippen LogP) is 2.90. The average molecular weight is 278 g/mol. The van der Waals surface area contributed by atoms with Gasteiger partial charge < -0.3 is 14.7 Å². The van der Waals surface area contributed by atoms with Gasteiger partial charge in [0.15, 0.2) is 0 Å². The Hall–Kier alpha value is -1.78. The summed E-state index contributed by atoms with van der Waals surface area (Å²) in [5.74, 6) is 0.352. The van der Waals surface area contributed by atoms with Crippen molar-refractivity contribution < 1.29 is 14.6 Å². The largest absolute Gasteiger partial charge is 0.493 e. The Labute approximate surface area is 119 Å². The fourth-order valence-corrected chi connectivity index (χ4v) is 2.43. The standard InChI is InChI=1S/C15H22N2O3/c1-15(2,3)20-14(19)17-9-6-11(7-10-17)12-5-4-8-16-13(12)18/h4-5,8,11H,6-7,9-10H2,1-3H3,(H,16,18). The molecule has 0 atom stereocenters. The van der Waals surface area contributed by atoms with Crippen LogP contribution in [0.25, 0.3) is 0 Å². The maximum atomic E-state index is 12.0. The summed E-state index contributed by atoms with van der Waals surface area (Å²) >= 11 is 0. The first-order valence-electron chi connectivity index (χ1n) is 6.98. The summed E-state index contributed by atoms with van der Waals surface area (Å²) in [4.78, 5) is 17.6. The van der Waals surface area contributed by atoms with Crippen LogP contribution in [0.4, 0.5) is 4.79 Å². The van der Waals surface area contributed by atoms with Gasteiger partial charge in [0, 0.05) is 24.8 Å². The fraction of sp³-hybridized carbons (Fsp3) is 0.600. The maximum Gasteiger partial charge on any atom is 0.410 e. The number of hydrogen-bond donors (Lipinski definition) is 1. The Balaban J connectivity index is 1.93. The van der Waals surface area contributed by atoms with E-state index in [1.54, 1.807) is 11.1 Å². The number of ether oxygens (including phenoxy) is 1. The maximum absolute atomic E-state index is 12.0. The van der Waals surface area contributed by atoms with Crippen molar-refractivity contribution in [1.82, 2.24) is 9.88 Å². The Bertz CT molecular complexity index is 474. The molecule has 1 aromatic rings. The molecule has 0 aromatic carbocycles. The lowest BCUT2D eigenvalue weighted by Gasteiger charge is -2.33. The highest BCUT2D eigenvalue weighted by atomic mass is 16.6. The number of hydrogen-bond acceptors (Lipinski definition) is 4. The van der Waals surface area contributed by atoms with Gasteiger partial charge in [-0.1, -0.05) is 6.07 Å². The highest BCUT2D eigenvalue weighted by Gasteiger charge is 2.28. The second-order valence-electron chi connectivity index (χ2n) is 6.16. The highest BCUT2D eigenvalue weighted by Crippen LogP contribution is 2.32. The molecular formula is C15H22N2O3. The molecule has 1 aliphatic rings. The van der Waals surface area contributed by atoms with Crippen molar-refractivity contribution in [3.63, 3.8) is 0 Å².